The number of carboxylic acids is 1. The Morgan fingerprint density at radius 2 is 2.05 bits per heavy atom. The number of nitrogens with one attached hydrogen (secondary N) is 1. The number of benzene rings is 1. The molecule has 4 atom stereocenters. The number of rotatable bonds is 4. The molecular formula is C16H17NO4. The van der Waals surface area contributed by atoms with Crippen LogP contribution in [-0.2, 0) is 20.9 Å². The molecule has 2 heterocycles. The van der Waals surface area contributed by atoms with Gasteiger partial charge >= 0.3 is 5.97 Å². The van der Waals surface area contributed by atoms with Crippen molar-refractivity contribution in [2.24, 2.45) is 11.8 Å². The molecule has 1 aromatic rings. The lowest BCUT2D eigenvalue weighted by atomic mass is 9.75. The Morgan fingerprint density at radius 1 is 1.33 bits per heavy atom. The number of carbonyl (C=O) groups is 2. The molecule has 3 rings (SSSR count). The van der Waals surface area contributed by atoms with E-state index in [4.69, 9.17) is 4.74 Å². The zero-order valence-corrected chi connectivity index (χ0v) is 11.7. The van der Waals surface area contributed by atoms with E-state index < -0.39 is 29.5 Å². The molecule has 0 unspecified atom stereocenters. The first kappa shape index (κ1) is 13.8. The van der Waals surface area contributed by atoms with E-state index in [0.29, 0.717) is 6.54 Å². The molecule has 1 saturated heterocycles. The molecule has 5 nitrogen and oxygen atoms in total. The lowest BCUT2D eigenvalue weighted by molar-refractivity contribution is -0.147. The number of carbonyl (C=O) groups excluding carboxylic acids is 1. The van der Waals surface area contributed by atoms with Crippen molar-refractivity contribution in [2.45, 2.75) is 25.2 Å². The summed E-state index contributed by atoms with van der Waals surface area (Å²) in [6.07, 6.45) is 3.02. The number of aliphatic carboxylic acids is 1. The quantitative estimate of drug-likeness (QED) is 0.820. The molecule has 0 saturated carbocycles. The van der Waals surface area contributed by atoms with Gasteiger partial charge in [-0.25, -0.2) is 0 Å². The fraction of sp³-hybridized carbons (Fsp3) is 0.375. The van der Waals surface area contributed by atoms with E-state index in [2.05, 4.69) is 5.32 Å². The molecule has 1 aromatic carbocycles. The van der Waals surface area contributed by atoms with Crippen LogP contribution >= 0.6 is 0 Å². The summed E-state index contributed by atoms with van der Waals surface area (Å²) in [6.45, 7) is 2.15. The van der Waals surface area contributed by atoms with Crippen molar-refractivity contribution in [2.75, 3.05) is 0 Å². The highest BCUT2D eigenvalue weighted by molar-refractivity contribution is 5.88. The second-order valence-corrected chi connectivity index (χ2v) is 5.67. The Hall–Kier alpha value is -2.14. The predicted molar refractivity (Wildman–Crippen MR) is 75.3 cm³/mol. The van der Waals surface area contributed by atoms with Gasteiger partial charge in [-0.3, -0.25) is 9.59 Å². The van der Waals surface area contributed by atoms with E-state index >= 15 is 0 Å². The molecule has 0 radical (unpaired) electrons. The molecule has 1 amide bonds. The topological polar surface area (TPSA) is 75.6 Å². The van der Waals surface area contributed by atoms with E-state index in [1.165, 1.54) is 0 Å². The van der Waals surface area contributed by atoms with Crippen LogP contribution in [0.2, 0.25) is 0 Å². The third-order valence-corrected chi connectivity index (χ3v) is 4.21. The average Bonchev–Trinajstić information content (AvgIpc) is 2.99. The van der Waals surface area contributed by atoms with Gasteiger partial charge < -0.3 is 15.2 Å². The maximum atomic E-state index is 12.4. The zero-order valence-electron chi connectivity index (χ0n) is 11.7. The second kappa shape index (κ2) is 5.00. The minimum atomic E-state index is -0.993. The van der Waals surface area contributed by atoms with Crippen molar-refractivity contribution in [3.8, 4) is 0 Å². The molecule has 2 bridgehead atoms. The lowest BCUT2D eigenvalue weighted by Gasteiger charge is -2.27. The van der Waals surface area contributed by atoms with Crippen molar-refractivity contribution < 1.29 is 19.4 Å². The summed E-state index contributed by atoms with van der Waals surface area (Å²) in [5.41, 5.74) is 0.150. The second-order valence-electron chi connectivity index (χ2n) is 5.67. The molecule has 5 heteroatoms. The first-order valence-corrected chi connectivity index (χ1v) is 6.93. The van der Waals surface area contributed by atoms with E-state index in [1.54, 1.807) is 19.1 Å². The summed E-state index contributed by atoms with van der Waals surface area (Å²) in [5, 5.41) is 12.2. The fourth-order valence-electron chi connectivity index (χ4n) is 3.18. The van der Waals surface area contributed by atoms with Crippen LogP contribution in [0.3, 0.4) is 0 Å². The minimum Gasteiger partial charge on any atom is -0.481 e. The lowest BCUT2D eigenvalue weighted by Crippen LogP contribution is -2.46. The Bertz CT molecular complexity index is 598. The standard InChI is InChI=1S/C16H17NO4/c1-16-8-7-11(21-16)12(15(19)20)13(16)14(18)17-9-10-5-3-2-4-6-10/h2-8,11-13H,9H2,1H3,(H,17,18)(H,19,20)/t11-,12+,13+,16+/m1/s1. The number of ether oxygens (including phenoxy) is 1. The summed E-state index contributed by atoms with van der Waals surface area (Å²) < 4.78 is 5.67. The van der Waals surface area contributed by atoms with Gasteiger partial charge in [-0.05, 0) is 12.5 Å². The molecule has 0 aliphatic carbocycles. The summed E-state index contributed by atoms with van der Waals surface area (Å²) in [4.78, 5) is 23.9. The molecule has 2 N–H and O–H groups in total. The van der Waals surface area contributed by atoms with Gasteiger partial charge in [-0.2, -0.15) is 0 Å². The van der Waals surface area contributed by atoms with E-state index in [9.17, 15) is 14.7 Å². The number of hydrogen-bond acceptors (Lipinski definition) is 3. The van der Waals surface area contributed by atoms with E-state index in [0.717, 1.165) is 5.56 Å². The van der Waals surface area contributed by atoms with Crippen LogP contribution in [0.15, 0.2) is 42.5 Å². The number of fused-ring (bicyclic) bond motifs is 2. The van der Waals surface area contributed by atoms with Gasteiger partial charge in [-0.1, -0.05) is 42.5 Å². The number of carboxylic acid groups (broad SMARTS) is 1. The molecule has 1 fully saturated rings. The number of amides is 1. The van der Waals surface area contributed by atoms with Crippen molar-refractivity contribution in [1.29, 1.82) is 0 Å². The highest BCUT2D eigenvalue weighted by Crippen LogP contribution is 2.47. The van der Waals surface area contributed by atoms with Crippen LogP contribution in [0.1, 0.15) is 12.5 Å². The highest BCUT2D eigenvalue weighted by atomic mass is 16.5. The number of hydrogen-bond donors (Lipinski definition) is 2. The molecule has 2 aliphatic rings. The van der Waals surface area contributed by atoms with Gasteiger partial charge in [0.25, 0.3) is 0 Å². The molecule has 110 valence electrons. The molecular weight excluding hydrogens is 270 g/mol. The maximum Gasteiger partial charge on any atom is 0.310 e. The summed E-state index contributed by atoms with van der Waals surface area (Å²) in [5.74, 6) is -2.79. The Morgan fingerprint density at radius 3 is 2.71 bits per heavy atom. The van der Waals surface area contributed by atoms with Crippen LogP contribution in [0, 0.1) is 11.8 Å². The van der Waals surface area contributed by atoms with Crippen LogP contribution < -0.4 is 5.32 Å². The summed E-state index contributed by atoms with van der Waals surface area (Å²) in [7, 11) is 0. The minimum absolute atomic E-state index is 0.277. The van der Waals surface area contributed by atoms with Gasteiger partial charge in [0, 0.05) is 6.54 Å². The van der Waals surface area contributed by atoms with E-state index in [1.807, 2.05) is 30.3 Å². The maximum absolute atomic E-state index is 12.4. The van der Waals surface area contributed by atoms with Gasteiger partial charge in [0.15, 0.2) is 0 Å². The van der Waals surface area contributed by atoms with Crippen molar-refractivity contribution in [3.63, 3.8) is 0 Å². The smallest absolute Gasteiger partial charge is 0.310 e. The third-order valence-electron chi connectivity index (χ3n) is 4.21. The van der Waals surface area contributed by atoms with Crippen LogP contribution in [0.25, 0.3) is 0 Å². The average molecular weight is 287 g/mol. The summed E-state index contributed by atoms with van der Waals surface area (Å²) >= 11 is 0. The fourth-order valence-corrected chi connectivity index (χ4v) is 3.18. The van der Waals surface area contributed by atoms with Crippen LogP contribution in [0.4, 0.5) is 0 Å². The highest BCUT2D eigenvalue weighted by Gasteiger charge is 2.59. The third kappa shape index (κ3) is 2.34. The van der Waals surface area contributed by atoms with Crippen molar-refractivity contribution >= 4 is 11.9 Å². The first-order valence-electron chi connectivity index (χ1n) is 6.93. The predicted octanol–water partition coefficient (Wildman–Crippen LogP) is 1.35. The van der Waals surface area contributed by atoms with Crippen molar-refractivity contribution in [1.82, 2.24) is 5.32 Å². The molecule has 21 heavy (non-hydrogen) atoms. The Balaban J connectivity index is 1.74. The van der Waals surface area contributed by atoms with Gasteiger partial charge in [0.2, 0.25) is 5.91 Å². The Labute approximate surface area is 122 Å². The summed E-state index contributed by atoms with van der Waals surface area (Å²) in [6, 6.07) is 9.52. The van der Waals surface area contributed by atoms with E-state index in [-0.39, 0.29) is 5.91 Å². The molecule has 2 aliphatic heterocycles. The zero-order chi connectivity index (χ0) is 15.0. The molecule has 0 aromatic heterocycles. The van der Waals surface area contributed by atoms with Gasteiger partial charge in [0.1, 0.15) is 5.92 Å². The van der Waals surface area contributed by atoms with Crippen molar-refractivity contribution in [3.05, 3.63) is 48.0 Å². The van der Waals surface area contributed by atoms with Gasteiger partial charge in [-0.15, -0.1) is 0 Å². The monoisotopic (exact) mass is 287 g/mol. The largest absolute Gasteiger partial charge is 0.481 e. The van der Waals surface area contributed by atoms with Gasteiger partial charge in [0.05, 0.1) is 17.6 Å². The first-order chi connectivity index (χ1) is 10.0. The molecule has 0 spiro atoms. The normalized spacial score (nSPS) is 33.1. The van der Waals surface area contributed by atoms with Crippen LogP contribution in [-0.4, -0.2) is 28.7 Å². The SMILES string of the molecule is C[C@@]12C=C[C@@H](O1)[C@H](C(=O)O)[C@H]2C(=O)NCc1ccccc1. The van der Waals surface area contributed by atoms with Crippen LogP contribution in [0.5, 0.6) is 0 Å². The Kier molecular flexibility index (Phi) is 3.29.